The van der Waals surface area contributed by atoms with Crippen molar-refractivity contribution in [3.8, 4) is 0 Å². The zero-order valence-corrected chi connectivity index (χ0v) is 14.5. The fourth-order valence-electron chi connectivity index (χ4n) is 4.01. The number of nitrogen functional groups attached to an aromatic ring is 1. The maximum Gasteiger partial charge on any atom is 0.201 e. The number of benzene rings is 2. The van der Waals surface area contributed by atoms with Crippen molar-refractivity contribution in [2.75, 3.05) is 12.3 Å². The van der Waals surface area contributed by atoms with Gasteiger partial charge in [-0.15, -0.1) is 0 Å². The Morgan fingerprint density at radius 1 is 1.04 bits per heavy atom. The molecule has 0 saturated heterocycles. The molecule has 1 aromatic heterocycles. The van der Waals surface area contributed by atoms with Gasteiger partial charge in [-0.3, -0.25) is 0 Å². The molecular weight excluding hydrogens is 310 g/mol. The lowest BCUT2D eigenvalue weighted by molar-refractivity contribution is 0.107. The number of rotatable bonds is 6. The summed E-state index contributed by atoms with van der Waals surface area (Å²) in [6.07, 6.45) is 4.70. The van der Waals surface area contributed by atoms with Crippen LogP contribution in [0.2, 0.25) is 0 Å². The second kappa shape index (κ2) is 7.28. The van der Waals surface area contributed by atoms with Crippen LogP contribution in [-0.4, -0.2) is 16.2 Å². The summed E-state index contributed by atoms with van der Waals surface area (Å²) in [6.45, 7) is 1.53. The second-order valence-corrected chi connectivity index (χ2v) is 6.99. The van der Waals surface area contributed by atoms with E-state index in [-0.39, 0.29) is 0 Å². The number of ether oxygens (including phenoxy) is 1. The Kier molecular flexibility index (Phi) is 4.70. The van der Waals surface area contributed by atoms with Gasteiger partial charge in [0.1, 0.15) is 0 Å². The zero-order chi connectivity index (χ0) is 17.1. The van der Waals surface area contributed by atoms with E-state index in [0.29, 0.717) is 24.5 Å². The summed E-state index contributed by atoms with van der Waals surface area (Å²) in [7, 11) is 0. The first-order chi connectivity index (χ1) is 12.3. The molecule has 1 aliphatic rings. The van der Waals surface area contributed by atoms with Gasteiger partial charge in [-0.05, 0) is 49.3 Å². The second-order valence-electron chi connectivity index (χ2n) is 6.99. The van der Waals surface area contributed by atoms with E-state index in [1.807, 2.05) is 18.2 Å². The predicted octanol–water partition coefficient (Wildman–Crippen LogP) is 4.57. The number of hydrogen-bond acceptors (Lipinski definition) is 3. The minimum Gasteiger partial charge on any atom is -0.377 e. The molecule has 1 heterocycles. The van der Waals surface area contributed by atoms with Crippen LogP contribution in [0.5, 0.6) is 0 Å². The van der Waals surface area contributed by atoms with Crippen molar-refractivity contribution in [2.45, 2.75) is 38.3 Å². The lowest BCUT2D eigenvalue weighted by Crippen LogP contribution is -2.10. The van der Waals surface area contributed by atoms with Gasteiger partial charge in [0.2, 0.25) is 5.95 Å². The van der Waals surface area contributed by atoms with E-state index in [4.69, 9.17) is 10.5 Å². The summed E-state index contributed by atoms with van der Waals surface area (Å²) >= 11 is 0. The van der Waals surface area contributed by atoms with E-state index >= 15 is 0 Å². The molecule has 2 N–H and O–H groups in total. The van der Waals surface area contributed by atoms with Crippen LogP contribution in [-0.2, 0) is 11.3 Å². The number of nitrogens with zero attached hydrogens (tertiary/aromatic N) is 2. The first-order valence-corrected chi connectivity index (χ1v) is 9.15. The van der Waals surface area contributed by atoms with Gasteiger partial charge in [0, 0.05) is 12.6 Å². The highest BCUT2D eigenvalue weighted by Gasteiger charge is 2.28. The van der Waals surface area contributed by atoms with Crippen molar-refractivity contribution in [3.05, 3.63) is 60.2 Å². The molecule has 0 unspecified atom stereocenters. The van der Waals surface area contributed by atoms with Crippen molar-refractivity contribution in [3.63, 3.8) is 0 Å². The molecule has 2 atom stereocenters. The van der Waals surface area contributed by atoms with Gasteiger partial charge in [-0.2, -0.15) is 0 Å². The SMILES string of the molecule is Nc1nc2ccccc2n1[C@H]1CC[C@@H](CCOCc2ccccc2)C1. The Bertz CT molecular complexity index is 828. The predicted molar refractivity (Wildman–Crippen MR) is 101 cm³/mol. The average Bonchev–Trinajstić information content (AvgIpc) is 3.22. The largest absolute Gasteiger partial charge is 0.377 e. The summed E-state index contributed by atoms with van der Waals surface area (Å²) in [6, 6.07) is 19.1. The van der Waals surface area contributed by atoms with E-state index < -0.39 is 0 Å². The van der Waals surface area contributed by atoms with Crippen LogP contribution in [0.15, 0.2) is 54.6 Å². The smallest absolute Gasteiger partial charge is 0.201 e. The van der Waals surface area contributed by atoms with Gasteiger partial charge < -0.3 is 15.0 Å². The number of fused-ring (bicyclic) bond motifs is 1. The lowest BCUT2D eigenvalue weighted by atomic mass is 10.0. The molecule has 4 heteroatoms. The quantitative estimate of drug-likeness (QED) is 0.672. The normalized spacial score (nSPS) is 20.3. The minimum atomic E-state index is 0.464. The lowest BCUT2D eigenvalue weighted by Gasteiger charge is -2.15. The van der Waals surface area contributed by atoms with Crippen LogP contribution in [0.25, 0.3) is 11.0 Å². The van der Waals surface area contributed by atoms with Crippen LogP contribution < -0.4 is 5.73 Å². The van der Waals surface area contributed by atoms with Crippen molar-refractivity contribution in [1.29, 1.82) is 0 Å². The number of aromatic nitrogens is 2. The maximum atomic E-state index is 6.19. The van der Waals surface area contributed by atoms with Crippen molar-refractivity contribution >= 4 is 17.0 Å². The molecule has 2 aromatic carbocycles. The van der Waals surface area contributed by atoms with Crippen molar-refractivity contribution < 1.29 is 4.74 Å². The Labute approximate surface area is 148 Å². The Hall–Kier alpha value is -2.33. The van der Waals surface area contributed by atoms with E-state index in [1.165, 1.54) is 24.8 Å². The molecule has 1 fully saturated rings. The molecule has 25 heavy (non-hydrogen) atoms. The Morgan fingerprint density at radius 2 is 1.84 bits per heavy atom. The van der Waals surface area contributed by atoms with Crippen LogP contribution in [0.3, 0.4) is 0 Å². The highest BCUT2D eigenvalue weighted by molar-refractivity contribution is 5.78. The van der Waals surface area contributed by atoms with Crippen molar-refractivity contribution in [2.24, 2.45) is 5.92 Å². The van der Waals surface area contributed by atoms with E-state index in [0.717, 1.165) is 24.1 Å². The number of imidazole rings is 1. The molecular formula is C21H25N3O. The molecule has 0 spiro atoms. The Balaban J connectivity index is 1.31. The molecule has 130 valence electrons. The fourth-order valence-corrected chi connectivity index (χ4v) is 4.01. The highest BCUT2D eigenvalue weighted by atomic mass is 16.5. The topological polar surface area (TPSA) is 53.1 Å². The molecule has 0 radical (unpaired) electrons. The van der Waals surface area contributed by atoms with Crippen LogP contribution in [0, 0.1) is 5.92 Å². The molecule has 4 rings (SSSR count). The zero-order valence-electron chi connectivity index (χ0n) is 14.5. The molecule has 0 aliphatic heterocycles. The highest BCUT2D eigenvalue weighted by Crippen LogP contribution is 2.39. The average molecular weight is 335 g/mol. The molecule has 1 aliphatic carbocycles. The number of anilines is 1. The molecule has 4 nitrogen and oxygen atoms in total. The Morgan fingerprint density at radius 3 is 2.72 bits per heavy atom. The van der Waals surface area contributed by atoms with E-state index in [1.54, 1.807) is 0 Å². The van der Waals surface area contributed by atoms with E-state index in [2.05, 4.69) is 45.9 Å². The first-order valence-electron chi connectivity index (χ1n) is 9.15. The molecule has 1 saturated carbocycles. The van der Waals surface area contributed by atoms with Crippen molar-refractivity contribution in [1.82, 2.24) is 9.55 Å². The van der Waals surface area contributed by atoms with E-state index in [9.17, 15) is 0 Å². The molecule has 0 bridgehead atoms. The summed E-state index contributed by atoms with van der Waals surface area (Å²) < 4.78 is 8.09. The maximum absolute atomic E-state index is 6.19. The molecule has 3 aromatic rings. The minimum absolute atomic E-state index is 0.464. The van der Waals surface area contributed by atoms with Gasteiger partial charge >= 0.3 is 0 Å². The van der Waals surface area contributed by atoms with Gasteiger partial charge in [0.25, 0.3) is 0 Å². The third kappa shape index (κ3) is 3.54. The number of hydrogen-bond donors (Lipinski definition) is 1. The summed E-state index contributed by atoms with van der Waals surface area (Å²) in [4.78, 5) is 4.51. The fraction of sp³-hybridized carbons (Fsp3) is 0.381. The third-order valence-corrected chi connectivity index (χ3v) is 5.28. The van der Waals surface area contributed by atoms with Gasteiger partial charge in [0.15, 0.2) is 0 Å². The number of nitrogens with two attached hydrogens (primary N) is 1. The summed E-state index contributed by atoms with van der Waals surface area (Å²) in [5.74, 6) is 1.36. The standard InChI is InChI=1S/C21H25N3O/c22-21-23-19-8-4-5-9-20(19)24(21)18-11-10-16(14-18)12-13-25-15-17-6-2-1-3-7-17/h1-9,16,18H,10-15H2,(H2,22,23)/t16-,18-/m0/s1. The van der Waals surface area contributed by atoms with Gasteiger partial charge in [-0.1, -0.05) is 42.5 Å². The monoisotopic (exact) mass is 335 g/mol. The molecule has 0 amide bonds. The third-order valence-electron chi connectivity index (χ3n) is 5.28. The summed E-state index contributed by atoms with van der Waals surface area (Å²) in [5, 5.41) is 0. The summed E-state index contributed by atoms with van der Waals surface area (Å²) in [5.41, 5.74) is 9.59. The van der Waals surface area contributed by atoms with Crippen LogP contribution in [0.1, 0.15) is 37.3 Å². The van der Waals surface area contributed by atoms with Crippen LogP contribution >= 0.6 is 0 Å². The number of para-hydroxylation sites is 2. The first kappa shape index (κ1) is 16.2. The van der Waals surface area contributed by atoms with Gasteiger partial charge in [0.05, 0.1) is 17.6 Å². The van der Waals surface area contributed by atoms with Crippen LogP contribution in [0.4, 0.5) is 5.95 Å². The van der Waals surface area contributed by atoms with Gasteiger partial charge in [-0.25, -0.2) is 4.98 Å².